The number of urea groups is 1. The summed E-state index contributed by atoms with van der Waals surface area (Å²) in [5, 5.41) is 1.04. The van der Waals surface area contributed by atoms with E-state index in [0.717, 1.165) is 6.07 Å². The van der Waals surface area contributed by atoms with Gasteiger partial charge in [-0.15, -0.1) is 0 Å². The maximum Gasteiger partial charge on any atom is 0.317 e. The molecule has 2 aliphatic rings. The number of benzene rings is 1. The Morgan fingerprint density at radius 3 is 2.75 bits per heavy atom. The van der Waals surface area contributed by atoms with Crippen molar-refractivity contribution in [3.63, 3.8) is 0 Å². The van der Waals surface area contributed by atoms with E-state index < -0.39 is 99.9 Å². The van der Waals surface area contributed by atoms with E-state index in [1.807, 2.05) is 0 Å². The molecule has 1 aromatic rings. The van der Waals surface area contributed by atoms with E-state index in [-0.39, 0.29) is 20.4 Å². The van der Waals surface area contributed by atoms with Gasteiger partial charge in [-0.1, -0.05) is 23.7 Å². The number of piperazine rings is 1. The van der Waals surface area contributed by atoms with Gasteiger partial charge in [0.1, 0.15) is 0 Å². The van der Waals surface area contributed by atoms with Crippen LogP contribution in [0.2, 0.25) is 5.02 Å². The topological polar surface area (TPSA) is 38.8 Å². The van der Waals surface area contributed by atoms with Gasteiger partial charge in [0.05, 0.1) is 17.6 Å². The molecule has 2 amide bonds. The third kappa shape index (κ3) is 5.54. The van der Waals surface area contributed by atoms with Gasteiger partial charge in [-0.2, -0.15) is 0 Å². The van der Waals surface area contributed by atoms with Crippen molar-refractivity contribution in [2.45, 2.75) is 44.9 Å². The standard InChI is InChI=1S/C22H35ClN4O/c1-17-5-4-6-20(21(17)23)27-15-13-26(14-16-27)12-11-18-7-9-19(10-8-18)24-22(28)25(2)3/h4-6,18-19H,7-16H2,1-3H3,(H,24,28)/i2D3,7D2,8D2,9D2,10D2,12D2,13D2,14D2,15D2,16D2,18D,19D. The molecule has 1 aromatic carbocycles. The van der Waals surface area contributed by atoms with Crippen LogP contribution in [0.5, 0.6) is 0 Å². The molecule has 0 radical (unpaired) electrons. The molecule has 6 heteroatoms. The van der Waals surface area contributed by atoms with Gasteiger partial charge in [0.25, 0.3) is 0 Å². The molecule has 1 N–H and O–H groups in total. The largest absolute Gasteiger partial charge is 0.368 e. The fourth-order valence-corrected chi connectivity index (χ4v) is 2.31. The third-order valence-corrected chi connectivity index (χ3v) is 4.08. The number of carbonyl (C=O) groups is 1. The quantitative estimate of drug-likeness (QED) is 0.768. The number of anilines is 1. The van der Waals surface area contributed by atoms with Gasteiger partial charge in [-0.05, 0) is 62.9 Å². The molecule has 1 saturated carbocycles. The van der Waals surface area contributed by atoms with E-state index >= 15 is 0 Å². The van der Waals surface area contributed by atoms with E-state index in [4.69, 9.17) is 43.1 Å². The van der Waals surface area contributed by atoms with Crippen LogP contribution in [0, 0.1) is 12.8 Å². The summed E-state index contributed by atoms with van der Waals surface area (Å²) in [6.45, 7) is -21.6. The second-order valence-electron chi connectivity index (χ2n) is 5.70. The van der Waals surface area contributed by atoms with E-state index in [2.05, 4.69) is 0 Å². The average Bonchev–Trinajstić information content (AvgIpc) is 2.91. The van der Waals surface area contributed by atoms with Gasteiger partial charge < -0.3 is 15.1 Å². The molecule has 0 atom stereocenters. The van der Waals surface area contributed by atoms with Crippen LogP contribution in [-0.2, 0) is 0 Å². The van der Waals surface area contributed by atoms with Crippen molar-refractivity contribution < 1.29 is 36.3 Å². The highest BCUT2D eigenvalue weighted by Crippen LogP contribution is 2.30. The first-order valence-electron chi connectivity index (χ1n) is 19.6. The van der Waals surface area contributed by atoms with E-state index in [0.29, 0.717) is 7.05 Å². The molecule has 1 heterocycles. The highest BCUT2D eigenvalue weighted by molar-refractivity contribution is 6.34. The van der Waals surface area contributed by atoms with Gasteiger partial charge in [0, 0.05) is 70.7 Å². The number of aryl methyl sites for hydroxylation is 1. The van der Waals surface area contributed by atoms with Crippen LogP contribution < -0.4 is 10.2 Å². The van der Waals surface area contributed by atoms with Crippen LogP contribution >= 0.6 is 11.6 Å². The van der Waals surface area contributed by atoms with Crippen molar-refractivity contribution in [3.05, 3.63) is 28.8 Å². The average molecular weight is 430 g/mol. The number of nitrogens with one attached hydrogen (secondary N) is 1. The molecule has 3 rings (SSSR count). The van der Waals surface area contributed by atoms with Gasteiger partial charge in [-0.3, -0.25) is 4.90 Å². The predicted molar refractivity (Wildman–Crippen MR) is 117 cm³/mol. The molecule has 1 saturated heterocycles. The number of hydrogen-bond acceptors (Lipinski definition) is 3. The SMILES string of the molecule is [2H]C([2H])([2H])N(C)C(=O)NC1([2H])C([2H])([2H])C([2H])([2H])C([2H])(CC([2H])([2H])N2C([2H])([2H])C([2H])([2H])N(c3cccc(C)c3Cl)C([2H])([2H])C2([2H])[2H])C([2H])([2H])C1([2H])[2H]. The Bertz CT molecular complexity index is 1510. The van der Waals surface area contributed by atoms with E-state index in [1.54, 1.807) is 0 Å². The zero-order valence-electron chi connectivity index (χ0n) is 38.1. The van der Waals surface area contributed by atoms with Crippen LogP contribution in [0.15, 0.2) is 18.2 Å². The molecule has 0 aromatic heterocycles. The first-order chi connectivity index (χ1) is 22.2. The number of halogens is 1. The van der Waals surface area contributed by atoms with Crippen LogP contribution in [0.3, 0.4) is 0 Å². The maximum atomic E-state index is 12.8. The summed E-state index contributed by atoms with van der Waals surface area (Å²) in [4.78, 5) is 12.0. The van der Waals surface area contributed by atoms with Gasteiger partial charge in [-0.25, -0.2) is 4.79 Å². The first-order valence-corrected chi connectivity index (χ1v) is 8.46. The molecule has 0 spiro atoms. The van der Waals surface area contributed by atoms with Crippen molar-refractivity contribution >= 4 is 23.3 Å². The second-order valence-corrected chi connectivity index (χ2v) is 6.08. The van der Waals surface area contributed by atoms with Crippen LogP contribution in [0.1, 0.15) is 69.0 Å². The summed E-state index contributed by atoms with van der Waals surface area (Å²) in [6, 6.07) is -2.27. The van der Waals surface area contributed by atoms with Crippen molar-refractivity contribution in [3.8, 4) is 0 Å². The molecule has 156 valence electrons. The van der Waals surface area contributed by atoms with Crippen molar-refractivity contribution in [1.82, 2.24) is 15.1 Å². The normalized spacial score (nSPS) is 56.2. The Hall–Kier alpha value is -1.46. The Kier molecular flexibility index (Phi) is 2.29. The Morgan fingerprint density at radius 1 is 1.36 bits per heavy atom. The summed E-state index contributed by atoms with van der Waals surface area (Å²) in [5.41, 5.74) is -0.330. The summed E-state index contributed by atoms with van der Waals surface area (Å²) < 4.78 is 196. The molecular weight excluding hydrogens is 372 g/mol. The minimum atomic E-state index is -4.32. The monoisotopic (exact) mass is 429 g/mol. The Morgan fingerprint density at radius 2 is 2.07 bits per heavy atom. The van der Waals surface area contributed by atoms with Crippen LogP contribution in [0.4, 0.5) is 10.5 Å². The lowest BCUT2D eigenvalue weighted by atomic mass is 9.84. The highest BCUT2D eigenvalue weighted by Gasteiger charge is 2.24. The van der Waals surface area contributed by atoms with Gasteiger partial charge in [0.2, 0.25) is 0 Å². The Labute approximate surface area is 207 Å². The third-order valence-electron chi connectivity index (χ3n) is 3.59. The predicted octanol–water partition coefficient (Wildman–Crippen LogP) is 3.99. The lowest BCUT2D eigenvalue weighted by molar-refractivity contribution is 0.194. The minimum absolute atomic E-state index is 0.00218. The van der Waals surface area contributed by atoms with Crippen molar-refractivity contribution in [2.75, 3.05) is 51.4 Å². The summed E-state index contributed by atoms with van der Waals surface area (Å²) in [7, 11) is 0.623. The molecular formula is C22H35ClN4O. The van der Waals surface area contributed by atoms with E-state index in [9.17, 15) is 4.79 Å². The first kappa shape index (κ1) is 6.52. The van der Waals surface area contributed by atoms with Crippen molar-refractivity contribution in [1.29, 1.82) is 0 Å². The van der Waals surface area contributed by atoms with Gasteiger partial charge >= 0.3 is 6.03 Å². The number of carbonyl (C=O) groups excluding carboxylic acids is 1. The minimum Gasteiger partial charge on any atom is -0.368 e. The number of hydrogen-bond donors (Lipinski definition) is 1. The van der Waals surface area contributed by atoms with Crippen LogP contribution in [0.25, 0.3) is 0 Å². The molecule has 2 fully saturated rings. The smallest absolute Gasteiger partial charge is 0.317 e. The molecule has 1 aliphatic carbocycles. The molecule has 0 bridgehead atoms. The van der Waals surface area contributed by atoms with Crippen molar-refractivity contribution in [2.24, 2.45) is 5.89 Å². The number of rotatable bonds is 5. The number of nitrogens with zero attached hydrogens (tertiary/aromatic N) is 3. The zero-order chi connectivity index (χ0) is 40.6. The number of amides is 2. The highest BCUT2D eigenvalue weighted by atomic mass is 35.5. The fourth-order valence-electron chi connectivity index (χ4n) is 2.10. The fraction of sp³-hybridized carbons (Fsp3) is 0.682. The lowest BCUT2D eigenvalue weighted by Crippen LogP contribution is -2.47. The zero-order valence-corrected chi connectivity index (χ0v) is 15.8. The molecule has 0 unspecified atom stereocenters. The lowest BCUT2D eigenvalue weighted by Gasteiger charge is -2.37. The summed E-state index contributed by atoms with van der Waals surface area (Å²) in [5.74, 6) is -4.18. The van der Waals surface area contributed by atoms with Crippen LogP contribution in [-0.4, -0.2) is 68.4 Å². The summed E-state index contributed by atoms with van der Waals surface area (Å²) in [6.07, 6.45) is -19.4. The maximum absolute atomic E-state index is 12.8. The Balaban J connectivity index is 2.29. The second kappa shape index (κ2) is 9.84. The molecule has 1 aliphatic heterocycles. The molecule has 28 heavy (non-hydrogen) atoms. The molecule has 5 nitrogen and oxygen atoms in total. The summed E-state index contributed by atoms with van der Waals surface area (Å²) >= 11 is 6.29. The van der Waals surface area contributed by atoms with E-state index in [1.165, 1.54) is 24.4 Å². The van der Waals surface area contributed by atoms with Gasteiger partial charge in [0.15, 0.2) is 0 Å².